The van der Waals surface area contributed by atoms with Crippen LogP contribution >= 0.6 is 0 Å². The van der Waals surface area contributed by atoms with Crippen LogP contribution in [0.2, 0.25) is 0 Å². The maximum Gasteiger partial charge on any atom is 0.298 e. The first kappa shape index (κ1) is 9.45. The zero-order valence-corrected chi connectivity index (χ0v) is 8.10. The van der Waals surface area contributed by atoms with E-state index < -0.39 is 11.0 Å². The summed E-state index contributed by atoms with van der Waals surface area (Å²) < 4.78 is 1.23. The summed E-state index contributed by atoms with van der Waals surface area (Å²) in [6, 6.07) is 7.76. The van der Waals surface area contributed by atoms with E-state index in [9.17, 15) is 14.7 Å². The first-order valence-corrected chi connectivity index (χ1v) is 4.43. The minimum atomic E-state index is -0.716. The second-order valence-electron chi connectivity index (χ2n) is 3.28. The molecule has 0 saturated carbocycles. The van der Waals surface area contributed by atoms with E-state index in [4.69, 9.17) is 0 Å². The highest BCUT2D eigenvalue weighted by atomic mass is 16.3. The number of benzene rings is 1. The van der Waals surface area contributed by atoms with Crippen LogP contribution in [0.5, 0.6) is 5.75 Å². The Hall–Kier alpha value is -2.10. The van der Waals surface area contributed by atoms with Gasteiger partial charge < -0.3 is 9.67 Å². The lowest BCUT2D eigenvalue weighted by Gasteiger charge is -1.98. The van der Waals surface area contributed by atoms with Crippen molar-refractivity contribution < 1.29 is 5.11 Å². The van der Waals surface area contributed by atoms with Crippen LogP contribution in [0.1, 0.15) is 0 Å². The number of aromatic nitrogens is 1. The molecule has 2 rings (SSSR count). The summed E-state index contributed by atoms with van der Waals surface area (Å²) in [6.07, 6.45) is 0. The van der Waals surface area contributed by atoms with Crippen LogP contribution in [0.4, 0.5) is 0 Å². The summed E-state index contributed by atoms with van der Waals surface area (Å²) >= 11 is 0. The Balaban J connectivity index is 3.22. The van der Waals surface area contributed by atoms with Gasteiger partial charge in [-0.15, -0.1) is 0 Å². The van der Waals surface area contributed by atoms with E-state index in [2.05, 4.69) is 0 Å². The van der Waals surface area contributed by atoms with E-state index in [-0.39, 0.29) is 5.75 Å². The van der Waals surface area contributed by atoms with Gasteiger partial charge in [0.05, 0.1) is 5.52 Å². The highest BCUT2D eigenvalue weighted by molar-refractivity contribution is 5.84. The third-order valence-corrected chi connectivity index (χ3v) is 2.32. The van der Waals surface area contributed by atoms with Gasteiger partial charge >= 0.3 is 0 Å². The van der Waals surface area contributed by atoms with E-state index in [0.29, 0.717) is 10.9 Å². The van der Waals surface area contributed by atoms with Crippen LogP contribution < -0.4 is 11.0 Å². The van der Waals surface area contributed by atoms with Crippen molar-refractivity contribution in [2.45, 2.75) is 0 Å². The summed E-state index contributed by atoms with van der Waals surface area (Å²) in [7, 11) is 1.51. The van der Waals surface area contributed by atoms with Crippen molar-refractivity contribution in [3.8, 4) is 5.75 Å². The van der Waals surface area contributed by atoms with Crippen molar-refractivity contribution in [1.82, 2.24) is 4.57 Å². The Morgan fingerprint density at radius 2 is 1.87 bits per heavy atom. The standard InChI is InChI=1S/C11H9NO3/c1-12-8-5-3-2-4-7(8)9(13)6-10(14)11(12)15/h2-6,13H,1H3. The largest absolute Gasteiger partial charge is 0.507 e. The maximum atomic E-state index is 11.5. The molecule has 0 bridgehead atoms. The maximum absolute atomic E-state index is 11.5. The van der Waals surface area contributed by atoms with Crippen molar-refractivity contribution in [3.05, 3.63) is 50.9 Å². The Morgan fingerprint density at radius 1 is 1.20 bits per heavy atom. The number of nitrogens with zero attached hydrogens (tertiary/aromatic N) is 1. The highest BCUT2D eigenvalue weighted by Gasteiger charge is 2.04. The van der Waals surface area contributed by atoms with Crippen LogP contribution in [0.15, 0.2) is 39.9 Å². The summed E-state index contributed by atoms with van der Waals surface area (Å²) in [5, 5.41) is 10.1. The topological polar surface area (TPSA) is 59.3 Å². The van der Waals surface area contributed by atoms with Crippen LogP contribution in [0, 0.1) is 0 Å². The van der Waals surface area contributed by atoms with Crippen LogP contribution in [-0.2, 0) is 7.05 Å². The van der Waals surface area contributed by atoms with Crippen molar-refractivity contribution in [2.24, 2.45) is 7.05 Å². The summed E-state index contributed by atoms with van der Waals surface area (Å²) in [6.45, 7) is 0. The highest BCUT2D eigenvalue weighted by Crippen LogP contribution is 2.19. The van der Waals surface area contributed by atoms with Crippen molar-refractivity contribution in [1.29, 1.82) is 0 Å². The molecule has 0 atom stereocenters. The van der Waals surface area contributed by atoms with Gasteiger partial charge in [-0.3, -0.25) is 9.59 Å². The fourth-order valence-electron chi connectivity index (χ4n) is 1.52. The molecule has 0 aliphatic rings. The Bertz CT molecular complexity index is 643. The number of aromatic hydroxyl groups is 1. The van der Waals surface area contributed by atoms with Gasteiger partial charge in [0.15, 0.2) is 0 Å². The summed E-state index contributed by atoms with van der Waals surface area (Å²) in [5.74, 6) is -0.173. The minimum absolute atomic E-state index is 0.173. The van der Waals surface area contributed by atoms with Gasteiger partial charge in [-0.05, 0) is 12.1 Å². The molecular formula is C11H9NO3. The molecule has 0 radical (unpaired) electrons. The Kier molecular flexibility index (Phi) is 2.04. The van der Waals surface area contributed by atoms with Crippen LogP contribution in [0.3, 0.4) is 0 Å². The predicted octanol–water partition coefficient (Wildman–Crippen LogP) is 0.604. The lowest BCUT2D eigenvalue weighted by atomic mass is 10.2. The van der Waals surface area contributed by atoms with Gasteiger partial charge in [-0.25, -0.2) is 0 Å². The molecule has 0 unspecified atom stereocenters. The van der Waals surface area contributed by atoms with Crippen molar-refractivity contribution in [2.75, 3.05) is 0 Å². The van der Waals surface area contributed by atoms with Crippen LogP contribution in [0.25, 0.3) is 10.9 Å². The molecule has 1 N–H and O–H groups in total. The monoisotopic (exact) mass is 203 g/mol. The Morgan fingerprint density at radius 3 is 2.60 bits per heavy atom. The van der Waals surface area contributed by atoms with Crippen LogP contribution in [-0.4, -0.2) is 9.67 Å². The number of hydrogen-bond acceptors (Lipinski definition) is 3. The summed E-state index contributed by atoms with van der Waals surface area (Å²) in [5.41, 5.74) is -0.834. The molecule has 4 heteroatoms. The Labute approximate surface area is 85.0 Å². The molecule has 4 nitrogen and oxygen atoms in total. The first-order chi connectivity index (χ1) is 7.11. The second-order valence-corrected chi connectivity index (χ2v) is 3.28. The zero-order valence-electron chi connectivity index (χ0n) is 8.10. The van der Waals surface area contributed by atoms with Gasteiger partial charge in [0, 0.05) is 18.5 Å². The normalized spacial score (nSPS) is 10.5. The first-order valence-electron chi connectivity index (χ1n) is 4.43. The van der Waals surface area contributed by atoms with Gasteiger partial charge in [-0.1, -0.05) is 12.1 Å². The zero-order chi connectivity index (χ0) is 11.0. The predicted molar refractivity (Wildman–Crippen MR) is 57.1 cm³/mol. The SMILES string of the molecule is Cn1c(=O)c(=O)cc(O)c2ccccc21. The molecule has 15 heavy (non-hydrogen) atoms. The van der Waals surface area contributed by atoms with Gasteiger partial charge in [0.25, 0.3) is 5.56 Å². The van der Waals surface area contributed by atoms with E-state index in [1.165, 1.54) is 11.6 Å². The quantitative estimate of drug-likeness (QED) is 0.638. The third-order valence-electron chi connectivity index (χ3n) is 2.32. The smallest absolute Gasteiger partial charge is 0.298 e. The van der Waals surface area contributed by atoms with Gasteiger partial charge in [-0.2, -0.15) is 0 Å². The third kappa shape index (κ3) is 1.40. The molecule has 0 fully saturated rings. The molecule has 0 saturated heterocycles. The molecule has 1 aromatic carbocycles. The number of fused-ring (bicyclic) bond motifs is 1. The molecule has 2 aromatic rings. The molecule has 76 valence electrons. The minimum Gasteiger partial charge on any atom is -0.507 e. The number of hydrogen-bond donors (Lipinski definition) is 1. The van der Waals surface area contributed by atoms with Gasteiger partial charge in [0.2, 0.25) is 5.43 Å². The fourth-order valence-corrected chi connectivity index (χ4v) is 1.52. The molecule has 0 amide bonds. The molecule has 1 heterocycles. The lowest BCUT2D eigenvalue weighted by molar-refractivity contribution is 0.481. The van der Waals surface area contributed by atoms with E-state index in [1.54, 1.807) is 24.3 Å². The van der Waals surface area contributed by atoms with Crippen molar-refractivity contribution in [3.63, 3.8) is 0 Å². The van der Waals surface area contributed by atoms with E-state index in [0.717, 1.165) is 6.07 Å². The molecule has 0 aliphatic carbocycles. The van der Waals surface area contributed by atoms with Crippen molar-refractivity contribution >= 4 is 10.9 Å². The molecule has 0 spiro atoms. The van der Waals surface area contributed by atoms with E-state index in [1.807, 2.05) is 0 Å². The molecular weight excluding hydrogens is 194 g/mol. The molecule has 0 aliphatic heterocycles. The van der Waals surface area contributed by atoms with E-state index >= 15 is 0 Å². The number of aryl methyl sites for hydroxylation is 1. The second kappa shape index (κ2) is 3.24. The average molecular weight is 203 g/mol. The lowest BCUT2D eigenvalue weighted by Crippen LogP contribution is -2.28. The number of rotatable bonds is 0. The molecule has 1 aromatic heterocycles. The number of para-hydroxylation sites is 1. The average Bonchev–Trinajstić information content (AvgIpc) is 2.33. The van der Waals surface area contributed by atoms with Gasteiger partial charge in [0.1, 0.15) is 5.75 Å². The fraction of sp³-hybridized carbons (Fsp3) is 0.0909. The summed E-state index contributed by atoms with van der Waals surface area (Å²) in [4.78, 5) is 22.7.